The van der Waals surface area contributed by atoms with Crippen LogP contribution in [-0.4, -0.2) is 89.0 Å². The first-order valence-electron chi connectivity index (χ1n) is 11.7. The van der Waals surface area contributed by atoms with Gasteiger partial charge < -0.3 is 20.1 Å². The van der Waals surface area contributed by atoms with Crippen molar-refractivity contribution < 1.29 is 27.5 Å². The molecule has 2 rings (SSSR count). The number of sulfonamides is 1. The van der Waals surface area contributed by atoms with Gasteiger partial charge in [0.1, 0.15) is 5.75 Å². The van der Waals surface area contributed by atoms with Gasteiger partial charge in [-0.25, -0.2) is 8.42 Å². The van der Waals surface area contributed by atoms with Gasteiger partial charge in [-0.05, 0) is 58.4 Å². The molecule has 10 nitrogen and oxygen atoms in total. The predicted octanol–water partition coefficient (Wildman–Crippen LogP) is 1.67. The van der Waals surface area contributed by atoms with E-state index in [0.717, 1.165) is 19.3 Å². The fourth-order valence-corrected chi connectivity index (χ4v) is 5.16. The highest BCUT2D eigenvalue weighted by molar-refractivity contribution is 7.89. The highest BCUT2D eigenvalue weighted by Crippen LogP contribution is 2.31. The molecule has 0 atom stereocenters. The van der Waals surface area contributed by atoms with Crippen LogP contribution in [0.2, 0.25) is 0 Å². The van der Waals surface area contributed by atoms with Crippen LogP contribution in [0.4, 0.5) is 5.69 Å². The highest BCUT2D eigenvalue weighted by Gasteiger charge is 2.27. The Hall–Kier alpha value is -2.21. The number of methoxy groups -OCH3 is 1. The van der Waals surface area contributed by atoms with Crippen molar-refractivity contribution in [2.75, 3.05) is 58.8 Å². The fourth-order valence-electron chi connectivity index (χ4n) is 3.61. The minimum Gasteiger partial charge on any atom is -0.489 e. The van der Waals surface area contributed by atoms with Crippen LogP contribution in [0.3, 0.4) is 0 Å². The van der Waals surface area contributed by atoms with Gasteiger partial charge in [-0.1, -0.05) is 6.42 Å². The third kappa shape index (κ3) is 8.86. The molecule has 0 radical (unpaired) electrons. The summed E-state index contributed by atoms with van der Waals surface area (Å²) in [5.41, 5.74) is 0.286. The molecule has 0 aromatic heterocycles. The third-order valence-corrected chi connectivity index (χ3v) is 7.11. The van der Waals surface area contributed by atoms with Gasteiger partial charge in [-0.15, -0.1) is 0 Å². The Labute approximate surface area is 203 Å². The summed E-state index contributed by atoms with van der Waals surface area (Å²) >= 11 is 0. The second kappa shape index (κ2) is 13.6. The van der Waals surface area contributed by atoms with Crippen LogP contribution >= 0.6 is 0 Å². The normalized spacial score (nSPS) is 14.9. The number of carbonyl (C=O) groups is 2. The van der Waals surface area contributed by atoms with Gasteiger partial charge in [0.2, 0.25) is 21.8 Å². The van der Waals surface area contributed by atoms with Crippen molar-refractivity contribution in [2.24, 2.45) is 0 Å². The minimum absolute atomic E-state index is 0.0459. The molecule has 1 aromatic carbocycles. The maximum Gasteiger partial charge on any atom is 0.243 e. The lowest BCUT2D eigenvalue weighted by Gasteiger charge is -2.26. The Balaban J connectivity index is 2.07. The van der Waals surface area contributed by atoms with Gasteiger partial charge in [0.25, 0.3) is 0 Å². The first-order chi connectivity index (χ1) is 16.1. The van der Waals surface area contributed by atoms with E-state index in [0.29, 0.717) is 38.4 Å². The number of nitrogens with one attached hydrogen (secondary N) is 2. The SMILES string of the molecule is COCCCNC(=O)CN(C)CC(=O)Nc1cc(S(=O)(=O)N2CCCCC2)ccc1OC(C)C. The van der Waals surface area contributed by atoms with Crippen LogP contribution in [0.15, 0.2) is 23.1 Å². The lowest BCUT2D eigenvalue weighted by atomic mass is 10.2. The Morgan fingerprint density at radius 3 is 2.44 bits per heavy atom. The summed E-state index contributed by atoms with van der Waals surface area (Å²) in [6.45, 7) is 5.76. The smallest absolute Gasteiger partial charge is 0.243 e. The summed E-state index contributed by atoms with van der Waals surface area (Å²) < 4.78 is 38.4. The number of likely N-dealkylation sites (N-methyl/N-ethyl adjacent to an activating group) is 1. The van der Waals surface area contributed by atoms with Crippen molar-refractivity contribution in [3.63, 3.8) is 0 Å². The van der Waals surface area contributed by atoms with E-state index in [-0.39, 0.29) is 41.6 Å². The molecule has 1 saturated heterocycles. The number of nitrogens with zero attached hydrogens (tertiary/aromatic N) is 2. The molecule has 0 spiro atoms. The van der Waals surface area contributed by atoms with Crippen LogP contribution in [0.5, 0.6) is 5.75 Å². The lowest BCUT2D eigenvalue weighted by molar-refractivity contribution is -0.123. The number of benzene rings is 1. The fraction of sp³-hybridized carbons (Fsp3) is 0.652. The lowest BCUT2D eigenvalue weighted by Crippen LogP contribution is -2.39. The Morgan fingerprint density at radius 2 is 1.79 bits per heavy atom. The van der Waals surface area contributed by atoms with Gasteiger partial charge in [0.05, 0.1) is 29.8 Å². The molecule has 34 heavy (non-hydrogen) atoms. The number of amides is 2. The zero-order valence-electron chi connectivity index (χ0n) is 20.6. The van der Waals surface area contributed by atoms with Crippen LogP contribution in [0, 0.1) is 0 Å². The van der Waals surface area contributed by atoms with Crippen molar-refractivity contribution in [3.05, 3.63) is 18.2 Å². The molecule has 0 unspecified atom stereocenters. The summed E-state index contributed by atoms with van der Waals surface area (Å²) in [5.74, 6) is -0.180. The molecule has 0 bridgehead atoms. The van der Waals surface area contributed by atoms with Crippen molar-refractivity contribution in [1.82, 2.24) is 14.5 Å². The van der Waals surface area contributed by atoms with Crippen LogP contribution in [-0.2, 0) is 24.3 Å². The summed E-state index contributed by atoms with van der Waals surface area (Å²) in [4.78, 5) is 26.4. The van der Waals surface area contributed by atoms with Gasteiger partial charge in [0, 0.05) is 33.4 Å². The van der Waals surface area contributed by atoms with E-state index in [1.165, 1.54) is 16.4 Å². The quantitative estimate of drug-likeness (QED) is 0.397. The van der Waals surface area contributed by atoms with Gasteiger partial charge in [-0.2, -0.15) is 4.31 Å². The maximum absolute atomic E-state index is 13.1. The molecule has 0 aliphatic carbocycles. The van der Waals surface area contributed by atoms with E-state index in [2.05, 4.69) is 10.6 Å². The summed E-state index contributed by atoms with van der Waals surface area (Å²) in [5, 5.41) is 5.53. The van der Waals surface area contributed by atoms with Crippen LogP contribution < -0.4 is 15.4 Å². The van der Waals surface area contributed by atoms with Gasteiger partial charge in [0.15, 0.2) is 0 Å². The van der Waals surface area contributed by atoms with Crippen molar-refractivity contribution in [3.8, 4) is 5.75 Å². The van der Waals surface area contributed by atoms with E-state index in [4.69, 9.17) is 9.47 Å². The number of ether oxygens (including phenoxy) is 2. The minimum atomic E-state index is -3.66. The molecule has 192 valence electrons. The molecule has 0 saturated carbocycles. The maximum atomic E-state index is 13.1. The Bertz CT molecular complexity index is 916. The molecule has 1 fully saturated rings. The van der Waals surface area contributed by atoms with E-state index >= 15 is 0 Å². The molecule has 2 N–H and O–H groups in total. The number of hydrogen-bond donors (Lipinski definition) is 2. The molecular formula is C23H38N4O6S. The Kier molecular flexibility index (Phi) is 11.2. The second-order valence-electron chi connectivity index (χ2n) is 8.71. The number of hydrogen-bond acceptors (Lipinski definition) is 7. The topological polar surface area (TPSA) is 117 Å². The summed E-state index contributed by atoms with van der Waals surface area (Å²) in [6.07, 6.45) is 3.24. The largest absolute Gasteiger partial charge is 0.489 e. The summed E-state index contributed by atoms with van der Waals surface area (Å²) in [7, 11) is -0.398. The molecular weight excluding hydrogens is 460 g/mol. The monoisotopic (exact) mass is 498 g/mol. The predicted molar refractivity (Wildman–Crippen MR) is 130 cm³/mol. The van der Waals surface area contributed by atoms with Crippen LogP contribution in [0.25, 0.3) is 0 Å². The molecule has 2 amide bonds. The molecule has 1 aromatic rings. The zero-order chi connectivity index (χ0) is 25.1. The molecule has 1 heterocycles. The van der Waals surface area contributed by atoms with E-state index in [1.807, 2.05) is 13.8 Å². The van der Waals surface area contributed by atoms with E-state index in [9.17, 15) is 18.0 Å². The average molecular weight is 499 g/mol. The first kappa shape index (κ1) is 28.0. The number of anilines is 1. The average Bonchev–Trinajstić information content (AvgIpc) is 2.78. The first-order valence-corrected chi connectivity index (χ1v) is 13.1. The number of piperidine rings is 1. The van der Waals surface area contributed by atoms with Crippen LogP contribution in [0.1, 0.15) is 39.5 Å². The Morgan fingerprint density at radius 1 is 1.12 bits per heavy atom. The van der Waals surface area contributed by atoms with Gasteiger partial charge in [-0.3, -0.25) is 14.5 Å². The molecule has 11 heteroatoms. The van der Waals surface area contributed by atoms with Crippen molar-refractivity contribution in [1.29, 1.82) is 0 Å². The third-order valence-electron chi connectivity index (χ3n) is 5.22. The number of carbonyl (C=O) groups excluding carboxylic acids is 2. The number of rotatable bonds is 13. The highest BCUT2D eigenvalue weighted by atomic mass is 32.2. The molecule has 1 aliphatic rings. The van der Waals surface area contributed by atoms with E-state index in [1.54, 1.807) is 25.1 Å². The second-order valence-corrected chi connectivity index (χ2v) is 10.6. The van der Waals surface area contributed by atoms with Crippen molar-refractivity contribution in [2.45, 2.75) is 50.5 Å². The van der Waals surface area contributed by atoms with Crippen molar-refractivity contribution >= 4 is 27.5 Å². The van der Waals surface area contributed by atoms with Gasteiger partial charge >= 0.3 is 0 Å². The molecule has 1 aliphatic heterocycles. The zero-order valence-corrected chi connectivity index (χ0v) is 21.4. The summed E-state index contributed by atoms with van der Waals surface area (Å²) in [6, 6.07) is 4.53. The van der Waals surface area contributed by atoms with E-state index < -0.39 is 10.0 Å². The standard InChI is InChI=1S/C23H38N4O6S/c1-18(2)33-21-10-9-19(34(30,31)27-12-6-5-7-13-27)15-20(21)25-23(29)17-26(3)16-22(28)24-11-8-14-32-4/h9-10,15,18H,5-8,11-14,16-17H2,1-4H3,(H,24,28)(H,25,29).